The van der Waals surface area contributed by atoms with Crippen molar-refractivity contribution in [3.05, 3.63) is 38.6 Å². The monoisotopic (exact) mass is 316 g/mol. The molecule has 0 fully saturated rings. The van der Waals surface area contributed by atoms with Crippen molar-refractivity contribution in [3.8, 4) is 11.4 Å². The maximum absolute atomic E-state index is 9.70. The molecule has 3 nitrogen and oxygen atoms in total. The van der Waals surface area contributed by atoms with Gasteiger partial charge in [-0.2, -0.15) is 5.10 Å². The van der Waals surface area contributed by atoms with Crippen LogP contribution in [0.15, 0.2) is 12.1 Å². The Hall–Kier alpha value is -0.900. The number of aromatic nitrogens is 2. The number of aromatic hydroxyl groups is 1. The largest absolute Gasteiger partial charge is 0.506 e. The van der Waals surface area contributed by atoms with Crippen molar-refractivity contribution in [2.45, 2.75) is 25.7 Å². The minimum Gasteiger partial charge on any atom is -0.506 e. The number of hydrogen-bond acceptors (Lipinski definition) is 2. The zero-order valence-corrected chi connectivity index (χ0v) is 12.2. The van der Waals surface area contributed by atoms with Crippen LogP contribution >= 0.6 is 34.8 Å². The number of aryl methyl sites for hydroxylation is 1. The molecule has 0 bridgehead atoms. The van der Waals surface area contributed by atoms with E-state index < -0.39 is 0 Å². The molecule has 3 rings (SSSR count). The second kappa shape index (κ2) is 4.89. The van der Waals surface area contributed by atoms with Crippen molar-refractivity contribution >= 4 is 34.8 Å². The van der Waals surface area contributed by atoms with Gasteiger partial charge in [0, 0.05) is 11.6 Å². The molecule has 0 saturated carbocycles. The summed E-state index contributed by atoms with van der Waals surface area (Å²) < 4.78 is 1.58. The summed E-state index contributed by atoms with van der Waals surface area (Å²) in [6.45, 7) is 0. The third-order valence-corrected chi connectivity index (χ3v) is 4.33. The molecule has 6 heteroatoms. The zero-order valence-electron chi connectivity index (χ0n) is 9.96. The van der Waals surface area contributed by atoms with Gasteiger partial charge in [0.1, 0.15) is 10.9 Å². The van der Waals surface area contributed by atoms with Crippen LogP contribution in [0.4, 0.5) is 0 Å². The molecule has 1 N–H and O–H groups in total. The lowest BCUT2D eigenvalue weighted by molar-refractivity contribution is 0.475. The zero-order chi connectivity index (χ0) is 13.6. The van der Waals surface area contributed by atoms with Crippen molar-refractivity contribution in [1.82, 2.24) is 9.78 Å². The SMILES string of the molecule is Oc1cc(-n2nc3c(c2Cl)CCCC3)c(Cl)cc1Cl. The van der Waals surface area contributed by atoms with Crippen LogP contribution in [0.25, 0.3) is 5.69 Å². The number of fused-ring (bicyclic) bond motifs is 1. The molecular formula is C13H11Cl3N2O. The summed E-state index contributed by atoms with van der Waals surface area (Å²) in [5.41, 5.74) is 2.64. The van der Waals surface area contributed by atoms with Gasteiger partial charge in [0.15, 0.2) is 0 Å². The minimum absolute atomic E-state index is 0.0365. The Morgan fingerprint density at radius 2 is 1.79 bits per heavy atom. The van der Waals surface area contributed by atoms with E-state index in [9.17, 15) is 5.11 Å². The fraction of sp³-hybridized carbons (Fsp3) is 0.308. The maximum atomic E-state index is 9.70. The van der Waals surface area contributed by atoms with Crippen molar-refractivity contribution in [1.29, 1.82) is 0 Å². The average molecular weight is 318 g/mol. The number of nitrogens with zero attached hydrogens (tertiary/aromatic N) is 2. The molecule has 0 amide bonds. The molecule has 1 aliphatic carbocycles. The quantitative estimate of drug-likeness (QED) is 0.845. The van der Waals surface area contributed by atoms with Crippen molar-refractivity contribution in [3.63, 3.8) is 0 Å². The summed E-state index contributed by atoms with van der Waals surface area (Å²) in [6.07, 6.45) is 4.11. The Morgan fingerprint density at radius 3 is 2.53 bits per heavy atom. The van der Waals surface area contributed by atoms with E-state index in [4.69, 9.17) is 34.8 Å². The van der Waals surface area contributed by atoms with Crippen LogP contribution in [0.3, 0.4) is 0 Å². The van der Waals surface area contributed by atoms with Crippen LogP contribution in [-0.4, -0.2) is 14.9 Å². The van der Waals surface area contributed by atoms with E-state index in [0.717, 1.165) is 36.9 Å². The Kier molecular flexibility index (Phi) is 3.37. The molecule has 0 aliphatic heterocycles. The lowest BCUT2D eigenvalue weighted by atomic mass is 9.99. The molecule has 1 aliphatic rings. The summed E-state index contributed by atoms with van der Waals surface area (Å²) in [5, 5.41) is 15.4. The summed E-state index contributed by atoms with van der Waals surface area (Å²) in [5.74, 6) is -0.0365. The van der Waals surface area contributed by atoms with E-state index in [1.54, 1.807) is 4.68 Å². The number of hydrogen-bond donors (Lipinski definition) is 1. The number of phenolic OH excluding ortho intramolecular Hbond substituents is 1. The fourth-order valence-electron chi connectivity index (χ4n) is 2.36. The second-order valence-corrected chi connectivity index (χ2v) is 5.76. The smallest absolute Gasteiger partial charge is 0.136 e. The van der Waals surface area contributed by atoms with Gasteiger partial charge >= 0.3 is 0 Å². The number of phenols is 1. The maximum Gasteiger partial charge on any atom is 0.136 e. The molecule has 0 saturated heterocycles. The van der Waals surface area contributed by atoms with Gasteiger partial charge < -0.3 is 5.11 Å². The van der Waals surface area contributed by atoms with Gasteiger partial charge in [-0.1, -0.05) is 34.8 Å². The Labute approximate surface area is 125 Å². The van der Waals surface area contributed by atoms with Crippen molar-refractivity contribution in [2.24, 2.45) is 0 Å². The standard InChI is InChI=1S/C13H11Cl3N2O/c14-8-5-9(15)12(19)6-11(8)18-13(16)7-3-1-2-4-10(7)17-18/h5-6,19H,1-4H2. The highest BCUT2D eigenvalue weighted by molar-refractivity contribution is 6.37. The van der Waals surface area contributed by atoms with Crippen molar-refractivity contribution in [2.75, 3.05) is 0 Å². The van der Waals surface area contributed by atoms with E-state index in [2.05, 4.69) is 5.10 Å². The van der Waals surface area contributed by atoms with Gasteiger partial charge in [-0.3, -0.25) is 0 Å². The fourth-order valence-corrected chi connectivity index (χ4v) is 3.16. The van der Waals surface area contributed by atoms with Gasteiger partial charge in [-0.15, -0.1) is 0 Å². The molecule has 2 aromatic rings. The van der Waals surface area contributed by atoms with Crippen LogP contribution in [0.1, 0.15) is 24.1 Å². The highest BCUT2D eigenvalue weighted by atomic mass is 35.5. The van der Waals surface area contributed by atoms with Gasteiger partial charge in [0.05, 0.1) is 21.4 Å². The molecule has 1 aromatic carbocycles. The van der Waals surface area contributed by atoms with E-state index in [0.29, 0.717) is 15.9 Å². The first-order valence-electron chi connectivity index (χ1n) is 6.02. The minimum atomic E-state index is -0.0365. The predicted octanol–water partition coefficient (Wildman–Crippen LogP) is 4.42. The van der Waals surface area contributed by atoms with E-state index in [1.165, 1.54) is 12.1 Å². The van der Waals surface area contributed by atoms with E-state index >= 15 is 0 Å². The number of halogens is 3. The van der Waals surface area contributed by atoms with Crippen LogP contribution in [-0.2, 0) is 12.8 Å². The Balaban J connectivity index is 2.17. The first-order chi connectivity index (χ1) is 9.08. The van der Waals surface area contributed by atoms with Crippen LogP contribution < -0.4 is 0 Å². The Bertz CT molecular complexity index is 652. The topological polar surface area (TPSA) is 38.0 Å². The summed E-state index contributed by atoms with van der Waals surface area (Å²) >= 11 is 18.3. The molecule has 0 radical (unpaired) electrons. The highest BCUT2D eigenvalue weighted by Gasteiger charge is 2.21. The molecule has 0 unspecified atom stereocenters. The van der Waals surface area contributed by atoms with Gasteiger partial charge in [0.2, 0.25) is 0 Å². The molecule has 100 valence electrons. The summed E-state index contributed by atoms with van der Waals surface area (Å²) in [6, 6.07) is 2.97. The molecule has 1 heterocycles. The number of rotatable bonds is 1. The molecule has 1 aromatic heterocycles. The molecule has 0 atom stereocenters. The number of benzene rings is 1. The van der Waals surface area contributed by atoms with E-state index in [-0.39, 0.29) is 10.8 Å². The first-order valence-corrected chi connectivity index (χ1v) is 7.16. The van der Waals surface area contributed by atoms with Crippen LogP contribution in [0.5, 0.6) is 5.75 Å². The molecular weight excluding hydrogens is 307 g/mol. The third-order valence-electron chi connectivity index (χ3n) is 3.34. The van der Waals surface area contributed by atoms with Crippen LogP contribution in [0.2, 0.25) is 15.2 Å². The lowest BCUT2D eigenvalue weighted by Gasteiger charge is -2.08. The van der Waals surface area contributed by atoms with Crippen molar-refractivity contribution < 1.29 is 5.11 Å². The molecule has 19 heavy (non-hydrogen) atoms. The normalized spacial score (nSPS) is 14.5. The first kappa shape index (κ1) is 13.1. The highest BCUT2D eigenvalue weighted by Crippen LogP contribution is 2.36. The van der Waals surface area contributed by atoms with Gasteiger partial charge in [-0.05, 0) is 31.7 Å². The third kappa shape index (κ3) is 2.20. The average Bonchev–Trinajstić information content (AvgIpc) is 2.72. The van der Waals surface area contributed by atoms with Gasteiger partial charge in [0.25, 0.3) is 0 Å². The van der Waals surface area contributed by atoms with E-state index in [1.807, 2.05) is 0 Å². The van der Waals surface area contributed by atoms with Gasteiger partial charge in [-0.25, -0.2) is 4.68 Å². The Morgan fingerprint density at radius 1 is 1.05 bits per heavy atom. The lowest BCUT2D eigenvalue weighted by Crippen LogP contribution is -2.00. The predicted molar refractivity (Wildman–Crippen MR) is 76.9 cm³/mol. The summed E-state index contributed by atoms with van der Waals surface area (Å²) in [4.78, 5) is 0. The molecule has 0 spiro atoms. The summed E-state index contributed by atoms with van der Waals surface area (Å²) in [7, 11) is 0. The second-order valence-electron chi connectivity index (χ2n) is 4.59. The van der Waals surface area contributed by atoms with Crippen LogP contribution in [0, 0.1) is 0 Å².